The highest BCUT2D eigenvalue weighted by Crippen LogP contribution is 2.04. The van der Waals surface area contributed by atoms with Gasteiger partial charge >= 0.3 is 8.80 Å². The first kappa shape index (κ1) is 14.8. The van der Waals surface area contributed by atoms with Gasteiger partial charge in [-0.15, -0.1) is 0 Å². The summed E-state index contributed by atoms with van der Waals surface area (Å²) in [5.41, 5.74) is 1.58. The van der Waals surface area contributed by atoms with E-state index in [9.17, 15) is 0 Å². The minimum Gasteiger partial charge on any atom is -0.481 e. The van der Waals surface area contributed by atoms with Gasteiger partial charge in [-0.1, -0.05) is 6.58 Å². The van der Waals surface area contributed by atoms with Crippen LogP contribution < -0.4 is 0 Å². The Morgan fingerprint density at radius 1 is 1.31 bits per heavy atom. The lowest BCUT2D eigenvalue weighted by Gasteiger charge is -2.19. The zero-order chi connectivity index (χ0) is 10.9. The van der Waals surface area contributed by atoms with Gasteiger partial charge in [0.1, 0.15) is 0 Å². The fourth-order valence-electron chi connectivity index (χ4n) is 0.500. The molecule has 0 heterocycles. The van der Waals surface area contributed by atoms with Crippen LogP contribution in [0.3, 0.4) is 0 Å². The van der Waals surface area contributed by atoms with Crippen molar-refractivity contribution in [3.63, 3.8) is 0 Å². The zero-order valence-corrected chi connectivity index (χ0v) is 9.36. The quantitative estimate of drug-likeness (QED) is 0.688. The fraction of sp³-hybridized carbons (Fsp3) is 0.571. The average molecular weight is 208 g/mol. The molecule has 0 saturated heterocycles. The zero-order valence-electron chi connectivity index (χ0n) is 8.36. The van der Waals surface area contributed by atoms with Crippen LogP contribution in [-0.4, -0.2) is 41.2 Å². The van der Waals surface area contributed by atoms with Gasteiger partial charge in [-0.3, -0.25) is 4.79 Å². The van der Waals surface area contributed by atoms with Crippen molar-refractivity contribution < 1.29 is 23.2 Å². The monoisotopic (exact) mass is 208 g/mol. The third kappa shape index (κ3) is 7.66. The van der Waals surface area contributed by atoms with E-state index in [-0.39, 0.29) is 0 Å². The Labute approximate surface area is 79.3 Å². The molecule has 6 heteroatoms. The summed E-state index contributed by atoms with van der Waals surface area (Å²) in [6, 6.07) is 0. The highest BCUT2D eigenvalue weighted by Gasteiger charge is 2.33. The summed E-state index contributed by atoms with van der Waals surface area (Å²) in [6.45, 7) is 4.62. The van der Waals surface area contributed by atoms with Crippen LogP contribution in [0.25, 0.3) is 0 Å². The lowest BCUT2D eigenvalue weighted by atomic mass is 10.9. The van der Waals surface area contributed by atoms with Crippen LogP contribution in [0.1, 0.15) is 6.92 Å². The van der Waals surface area contributed by atoms with Crippen molar-refractivity contribution in [1.82, 2.24) is 0 Å². The first-order chi connectivity index (χ1) is 5.97. The van der Waals surface area contributed by atoms with E-state index in [1.54, 1.807) is 27.0 Å². The molecule has 1 N–H and O–H groups in total. The summed E-state index contributed by atoms with van der Waals surface area (Å²) in [5, 5.41) is 7.42. The Balaban J connectivity index is 0. The molecule has 0 aromatic carbocycles. The van der Waals surface area contributed by atoms with Crippen LogP contribution in [0.4, 0.5) is 0 Å². The van der Waals surface area contributed by atoms with E-state index >= 15 is 0 Å². The molecule has 0 aliphatic carbocycles. The smallest absolute Gasteiger partial charge is 0.481 e. The topological polar surface area (TPSA) is 65.0 Å². The molecule has 0 spiro atoms. The molecular weight excluding hydrogens is 192 g/mol. The Bertz CT molecular complexity index is 143. The van der Waals surface area contributed by atoms with E-state index < -0.39 is 14.8 Å². The average Bonchev–Trinajstić information content (AvgIpc) is 2.09. The van der Waals surface area contributed by atoms with Gasteiger partial charge in [-0.2, -0.15) is 0 Å². The van der Waals surface area contributed by atoms with E-state index in [0.29, 0.717) is 0 Å². The van der Waals surface area contributed by atoms with Crippen molar-refractivity contribution in [1.29, 1.82) is 0 Å². The van der Waals surface area contributed by atoms with Gasteiger partial charge in [0.15, 0.2) is 0 Å². The van der Waals surface area contributed by atoms with Gasteiger partial charge in [0, 0.05) is 28.3 Å². The number of carboxylic acids is 1. The molecule has 78 valence electrons. The third-order valence-electron chi connectivity index (χ3n) is 1.10. The molecule has 0 aromatic heterocycles. The summed E-state index contributed by atoms with van der Waals surface area (Å²) < 4.78 is 14.9. The van der Waals surface area contributed by atoms with Crippen molar-refractivity contribution in [2.75, 3.05) is 21.3 Å². The maximum atomic E-state index is 9.00. The summed E-state index contributed by atoms with van der Waals surface area (Å²) in [4.78, 5) is 9.00. The van der Waals surface area contributed by atoms with Crippen LogP contribution in [-0.2, 0) is 18.1 Å². The summed E-state index contributed by atoms with van der Waals surface area (Å²) in [5.74, 6) is -0.833. The van der Waals surface area contributed by atoms with Gasteiger partial charge in [0.2, 0.25) is 0 Å². The molecule has 5 nitrogen and oxygen atoms in total. The highest BCUT2D eigenvalue weighted by molar-refractivity contribution is 6.66. The van der Waals surface area contributed by atoms with Crippen molar-refractivity contribution in [3.05, 3.63) is 12.3 Å². The van der Waals surface area contributed by atoms with Crippen molar-refractivity contribution in [2.45, 2.75) is 6.92 Å². The molecule has 0 atom stereocenters. The van der Waals surface area contributed by atoms with Crippen molar-refractivity contribution in [2.24, 2.45) is 0 Å². The fourth-order valence-corrected chi connectivity index (χ4v) is 1.50. The molecular formula is C7H16O5Si. The van der Waals surface area contributed by atoms with Crippen LogP contribution >= 0.6 is 0 Å². The van der Waals surface area contributed by atoms with Crippen LogP contribution in [0.2, 0.25) is 0 Å². The van der Waals surface area contributed by atoms with Crippen LogP contribution in [0, 0.1) is 0 Å². The van der Waals surface area contributed by atoms with Gasteiger partial charge < -0.3 is 18.4 Å². The van der Waals surface area contributed by atoms with Crippen molar-refractivity contribution >= 4 is 14.8 Å². The lowest BCUT2D eigenvalue weighted by Crippen LogP contribution is -2.40. The molecule has 0 fully saturated rings. The second-order valence-corrected chi connectivity index (χ2v) is 4.78. The molecule has 0 aliphatic heterocycles. The first-order valence-electron chi connectivity index (χ1n) is 3.46. The number of hydrogen-bond acceptors (Lipinski definition) is 4. The molecule has 13 heavy (non-hydrogen) atoms. The van der Waals surface area contributed by atoms with Gasteiger partial charge in [0.25, 0.3) is 5.97 Å². The standard InChI is InChI=1S/C5H12O3Si.C2H4O2/c1-5-9(6-2,7-3)8-4;1-2(3)4/h5H,1H2,2-4H3;1H3,(H,3,4). The number of carboxylic acid groups (broad SMARTS) is 1. The molecule has 0 unspecified atom stereocenters. The van der Waals surface area contributed by atoms with E-state index in [0.717, 1.165) is 6.92 Å². The highest BCUT2D eigenvalue weighted by atomic mass is 28.4. The second-order valence-electron chi connectivity index (χ2n) is 1.94. The van der Waals surface area contributed by atoms with E-state index in [1.807, 2.05) is 0 Å². The Morgan fingerprint density at radius 2 is 1.54 bits per heavy atom. The van der Waals surface area contributed by atoms with Crippen LogP contribution in [0.5, 0.6) is 0 Å². The summed E-state index contributed by atoms with van der Waals surface area (Å²) in [7, 11) is 2.20. The molecule has 0 aromatic rings. The first-order valence-corrected chi connectivity index (χ1v) is 5.26. The lowest BCUT2D eigenvalue weighted by molar-refractivity contribution is -0.134. The molecule has 0 bridgehead atoms. The van der Waals surface area contributed by atoms with Gasteiger partial charge in [0.05, 0.1) is 0 Å². The van der Waals surface area contributed by atoms with E-state index in [1.165, 1.54) is 0 Å². The number of carbonyl (C=O) groups is 1. The minimum atomic E-state index is -2.43. The molecule has 0 rings (SSSR count). The molecule has 0 amide bonds. The van der Waals surface area contributed by atoms with E-state index in [4.69, 9.17) is 23.2 Å². The summed E-state index contributed by atoms with van der Waals surface area (Å²) >= 11 is 0. The summed E-state index contributed by atoms with van der Waals surface area (Å²) in [6.07, 6.45) is 0. The molecule has 0 saturated carbocycles. The Kier molecular flexibility index (Phi) is 9.04. The van der Waals surface area contributed by atoms with Crippen molar-refractivity contribution in [3.8, 4) is 0 Å². The largest absolute Gasteiger partial charge is 0.528 e. The predicted octanol–water partition coefficient (Wildman–Crippen LogP) is 0.681. The van der Waals surface area contributed by atoms with Gasteiger partial charge in [-0.25, -0.2) is 0 Å². The number of rotatable bonds is 4. The normalized spacial score (nSPS) is 9.85. The SMILES string of the molecule is C=C[Si](OC)(OC)OC.CC(=O)O. The second kappa shape index (κ2) is 7.93. The van der Waals surface area contributed by atoms with Gasteiger partial charge in [-0.05, 0) is 5.70 Å². The van der Waals surface area contributed by atoms with E-state index in [2.05, 4.69) is 6.58 Å². The maximum Gasteiger partial charge on any atom is 0.528 e. The van der Waals surface area contributed by atoms with Crippen LogP contribution in [0.15, 0.2) is 12.3 Å². The third-order valence-corrected chi connectivity index (χ3v) is 3.31. The number of hydrogen-bond donors (Lipinski definition) is 1. The maximum absolute atomic E-state index is 9.00. The number of aliphatic carboxylic acids is 1. The predicted molar refractivity (Wildman–Crippen MR) is 50.3 cm³/mol. The molecule has 0 aliphatic rings. The molecule has 0 radical (unpaired) electrons. The minimum absolute atomic E-state index is 0.833. The Hall–Kier alpha value is -0.693. The Morgan fingerprint density at radius 3 is 1.54 bits per heavy atom.